The maximum Gasteiger partial charge on any atom is 0.380 e. The van der Waals surface area contributed by atoms with E-state index in [0.717, 1.165) is 51.6 Å². The molecule has 0 N–H and O–H groups in total. The van der Waals surface area contributed by atoms with Crippen LogP contribution < -0.4 is 0 Å². The molecule has 0 spiro atoms. The van der Waals surface area contributed by atoms with Gasteiger partial charge in [-0.2, -0.15) is 14.7 Å². The number of nitrogens with zero attached hydrogens (tertiary/aromatic N) is 1. The van der Waals surface area contributed by atoms with Crippen LogP contribution in [0.1, 0.15) is 106 Å². The summed E-state index contributed by atoms with van der Waals surface area (Å²) in [6, 6.07) is -0.232. The molecular formula is C23H49NO6. The molecule has 0 aromatic carbocycles. The summed E-state index contributed by atoms with van der Waals surface area (Å²) in [4.78, 5) is 35.9. The summed E-state index contributed by atoms with van der Waals surface area (Å²) in [7, 11) is 0. The third kappa shape index (κ3) is 12.5. The van der Waals surface area contributed by atoms with Crippen molar-refractivity contribution in [2.45, 2.75) is 118 Å². The Morgan fingerprint density at radius 3 is 1.40 bits per heavy atom. The Kier molecular flexibility index (Phi) is 20.4. The van der Waals surface area contributed by atoms with Crippen LogP contribution in [0.5, 0.6) is 0 Å². The smallest absolute Gasteiger partial charge is 0.293 e. The standard InChI is InChI=1S/C23H49NO6/c1-7-13-14-15-16-17-18-22(24(11-5)12-6)23(28-25-19-8-2,29-26-20-9-3)30-27-21-10-4/h22H,7-21H2,1-6H3. The number of likely N-dealkylation sites (N-methyl/N-ethyl adjacent to an activating group) is 1. The topological polar surface area (TPSA) is 58.6 Å². The van der Waals surface area contributed by atoms with Crippen molar-refractivity contribution >= 4 is 0 Å². The number of hydrogen-bond donors (Lipinski definition) is 0. The van der Waals surface area contributed by atoms with Crippen molar-refractivity contribution in [2.75, 3.05) is 32.9 Å². The molecule has 0 fully saturated rings. The minimum atomic E-state index is -1.60. The molecular weight excluding hydrogens is 386 g/mol. The van der Waals surface area contributed by atoms with Gasteiger partial charge in [-0.3, -0.25) is 4.90 Å². The molecule has 0 rings (SSSR count). The van der Waals surface area contributed by atoms with Crippen molar-refractivity contribution in [3.8, 4) is 0 Å². The van der Waals surface area contributed by atoms with Gasteiger partial charge in [0.2, 0.25) is 0 Å². The Balaban J connectivity index is 5.47. The van der Waals surface area contributed by atoms with Crippen LogP contribution in [0.25, 0.3) is 0 Å². The molecule has 7 nitrogen and oxygen atoms in total. The van der Waals surface area contributed by atoms with Gasteiger partial charge in [-0.15, -0.1) is 0 Å². The highest BCUT2D eigenvalue weighted by molar-refractivity contribution is 4.79. The average Bonchev–Trinajstić information content (AvgIpc) is 2.75. The van der Waals surface area contributed by atoms with Crippen molar-refractivity contribution in [1.82, 2.24) is 4.90 Å². The molecule has 0 bridgehead atoms. The quantitative estimate of drug-likeness (QED) is 0.0822. The minimum absolute atomic E-state index is 0.232. The van der Waals surface area contributed by atoms with Crippen LogP contribution in [0, 0.1) is 0 Å². The lowest BCUT2D eigenvalue weighted by molar-refractivity contribution is -0.640. The Morgan fingerprint density at radius 1 is 0.567 bits per heavy atom. The van der Waals surface area contributed by atoms with Gasteiger partial charge in [-0.1, -0.05) is 80.1 Å². The van der Waals surface area contributed by atoms with Gasteiger partial charge in [-0.05, 0) is 38.8 Å². The summed E-state index contributed by atoms with van der Waals surface area (Å²) in [5, 5.41) is 0. The first kappa shape index (κ1) is 29.7. The molecule has 30 heavy (non-hydrogen) atoms. The fraction of sp³-hybridized carbons (Fsp3) is 1.00. The first-order chi connectivity index (χ1) is 14.7. The van der Waals surface area contributed by atoms with E-state index in [1.807, 2.05) is 20.8 Å². The summed E-state index contributed by atoms with van der Waals surface area (Å²) in [5.74, 6) is -1.60. The third-order valence-corrected chi connectivity index (χ3v) is 4.88. The summed E-state index contributed by atoms with van der Waals surface area (Å²) in [5.41, 5.74) is 0. The van der Waals surface area contributed by atoms with Crippen LogP contribution >= 0.6 is 0 Å². The summed E-state index contributed by atoms with van der Waals surface area (Å²) in [6.45, 7) is 15.5. The number of unbranched alkanes of at least 4 members (excludes halogenated alkanes) is 5. The van der Waals surface area contributed by atoms with Crippen LogP contribution in [0.4, 0.5) is 0 Å². The maximum absolute atomic E-state index is 5.77. The second-order valence-corrected chi connectivity index (χ2v) is 7.61. The number of rotatable bonds is 23. The maximum atomic E-state index is 5.77. The molecule has 1 atom stereocenters. The van der Waals surface area contributed by atoms with Crippen LogP contribution in [0.2, 0.25) is 0 Å². The molecule has 0 saturated carbocycles. The Labute approximate surface area is 185 Å². The van der Waals surface area contributed by atoms with Gasteiger partial charge in [0, 0.05) is 0 Å². The second kappa shape index (κ2) is 20.6. The average molecular weight is 436 g/mol. The van der Waals surface area contributed by atoms with E-state index >= 15 is 0 Å². The van der Waals surface area contributed by atoms with Crippen LogP contribution in [-0.2, 0) is 29.3 Å². The summed E-state index contributed by atoms with van der Waals surface area (Å²) < 4.78 is 0. The fourth-order valence-corrected chi connectivity index (χ4v) is 3.20. The van der Waals surface area contributed by atoms with Gasteiger partial charge in [0.15, 0.2) is 0 Å². The van der Waals surface area contributed by atoms with Crippen molar-refractivity contribution in [3.63, 3.8) is 0 Å². The van der Waals surface area contributed by atoms with E-state index in [2.05, 4.69) is 25.7 Å². The Bertz CT molecular complexity index is 328. The lowest BCUT2D eigenvalue weighted by atomic mass is 10.0. The molecule has 0 aromatic rings. The molecule has 0 heterocycles. The Morgan fingerprint density at radius 2 is 1.00 bits per heavy atom. The first-order valence-electron chi connectivity index (χ1n) is 12.3. The van der Waals surface area contributed by atoms with Crippen LogP contribution in [0.15, 0.2) is 0 Å². The van der Waals surface area contributed by atoms with Crippen molar-refractivity contribution < 1.29 is 29.3 Å². The second-order valence-electron chi connectivity index (χ2n) is 7.61. The normalized spacial score (nSPS) is 13.3. The fourth-order valence-electron chi connectivity index (χ4n) is 3.20. The Hall–Kier alpha value is -0.280. The van der Waals surface area contributed by atoms with Crippen molar-refractivity contribution in [1.29, 1.82) is 0 Å². The molecule has 0 saturated heterocycles. The van der Waals surface area contributed by atoms with Gasteiger partial charge < -0.3 is 0 Å². The van der Waals surface area contributed by atoms with Gasteiger partial charge in [0.05, 0.1) is 25.9 Å². The van der Waals surface area contributed by atoms with E-state index in [4.69, 9.17) is 29.3 Å². The molecule has 182 valence electrons. The highest BCUT2D eigenvalue weighted by Gasteiger charge is 2.50. The molecule has 0 radical (unpaired) electrons. The lowest BCUT2D eigenvalue weighted by Gasteiger charge is -2.40. The van der Waals surface area contributed by atoms with Gasteiger partial charge in [0.25, 0.3) is 0 Å². The SMILES string of the molecule is CCCCCCCCC(N(CC)CC)C(OOCCC)(OOCCC)OOCCC. The predicted molar refractivity (Wildman–Crippen MR) is 119 cm³/mol. The first-order valence-corrected chi connectivity index (χ1v) is 12.3. The zero-order valence-electron chi connectivity index (χ0n) is 20.6. The molecule has 0 aliphatic rings. The minimum Gasteiger partial charge on any atom is -0.293 e. The largest absolute Gasteiger partial charge is 0.380 e. The van der Waals surface area contributed by atoms with Gasteiger partial charge >= 0.3 is 5.97 Å². The molecule has 0 aliphatic heterocycles. The van der Waals surface area contributed by atoms with E-state index < -0.39 is 5.97 Å². The van der Waals surface area contributed by atoms with E-state index in [9.17, 15) is 0 Å². The monoisotopic (exact) mass is 435 g/mol. The molecule has 0 aromatic heterocycles. The predicted octanol–water partition coefficient (Wildman–Crippen LogP) is 6.18. The van der Waals surface area contributed by atoms with E-state index in [1.165, 1.54) is 25.7 Å². The summed E-state index contributed by atoms with van der Waals surface area (Å²) >= 11 is 0. The van der Waals surface area contributed by atoms with Crippen molar-refractivity contribution in [2.24, 2.45) is 0 Å². The van der Waals surface area contributed by atoms with Gasteiger partial charge in [0.1, 0.15) is 0 Å². The zero-order chi connectivity index (χ0) is 22.5. The highest BCUT2D eigenvalue weighted by atomic mass is 17.4. The third-order valence-electron chi connectivity index (χ3n) is 4.88. The number of hydrogen-bond acceptors (Lipinski definition) is 7. The van der Waals surface area contributed by atoms with Crippen molar-refractivity contribution in [3.05, 3.63) is 0 Å². The lowest BCUT2D eigenvalue weighted by Crippen LogP contribution is -2.58. The van der Waals surface area contributed by atoms with Crippen LogP contribution in [-0.4, -0.2) is 49.8 Å². The summed E-state index contributed by atoms with van der Waals surface area (Å²) in [6.07, 6.45) is 10.5. The highest BCUT2D eigenvalue weighted by Crippen LogP contribution is 2.30. The molecule has 0 amide bonds. The van der Waals surface area contributed by atoms with E-state index in [0.29, 0.717) is 19.8 Å². The van der Waals surface area contributed by atoms with E-state index in [1.54, 1.807) is 0 Å². The zero-order valence-corrected chi connectivity index (χ0v) is 20.6. The molecule has 0 aliphatic carbocycles. The molecule has 1 unspecified atom stereocenters. The van der Waals surface area contributed by atoms with E-state index in [-0.39, 0.29) is 6.04 Å². The van der Waals surface area contributed by atoms with Gasteiger partial charge in [-0.25, -0.2) is 14.7 Å². The van der Waals surface area contributed by atoms with Crippen LogP contribution in [0.3, 0.4) is 0 Å². The molecule has 7 heteroatoms.